The van der Waals surface area contributed by atoms with E-state index in [-0.39, 0.29) is 12.3 Å². The number of halogens is 1. The first-order chi connectivity index (χ1) is 7.33. The molecule has 1 aliphatic heterocycles. The topological polar surface area (TPSA) is 30.5 Å². The fourth-order valence-corrected chi connectivity index (χ4v) is 1.78. The van der Waals surface area contributed by atoms with Crippen LogP contribution >= 0.6 is 11.6 Å². The van der Waals surface area contributed by atoms with Crippen molar-refractivity contribution in [2.45, 2.75) is 12.3 Å². The maximum absolute atomic E-state index is 5.72. The molecule has 0 unspecified atom stereocenters. The van der Waals surface area contributed by atoms with Gasteiger partial charge in [-0.15, -0.1) is 11.6 Å². The van der Waals surface area contributed by atoms with E-state index in [1.54, 1.807) is 7.11 Å². The Morgan fingerprint density at radius 2 is 2.20 bits per heavy atom. The van der Waals surface area contributed by atoms with Gasteiger partial charge in [0.2, 0.25) is 0 Å². The molecule has 0 saturated carbocycles. The van der Waals surface area contributed by atoms with Gasteiger partial charge in [-0.05, 0) is 17.7 Å². The number of methoxy groups -OCH3 is 1. The largest absolute Gasteiger partial charge is 0.497 e. The van der Waals surface area contributed by atoms with Crippen molar-refractivity contribution in [2.24, 2.45) is 0 Å². The zero-order chi connectivity index (χ0) is 10.7. The molecule has 1 aliphatic rings. The van der Waals surface area contributed by atoms with E-state index >= 15 is 0 Å². The zero-order valence-corrected chi connectivity index (χ0v) is 9.33. The van der Waals surface area contributed by atoms with Crippen LogP contribution in [0.3, 0.4) is 0 Å². The lowest BCUT2D eigenvalue weighted by Crippen LogP contribution is -2.15. The number of benzene rings is 1. The molecule has 0 bridgehead atoms. The van der Waals surface area contributed by atoms with Gasteiger partial charge in [0.15, 0.2) is 0 Å². The molecule has 1 aromatic carbocycles. The molecule has 15 heavy (non-hydrogen) atoms. The zero-order valence-electron chi connectivity index (χ0n) is 8.57. The van der Waals surface area contributed by atoms with Gasteiger partial charge < -0.3 is 9.47 Å². The highest BCUT2D eigenvalue weighted by atomic mass is 35.5. The van der Waals surface area contributed by atoms with Gasteiger partial charge in [-0.3, -0.25) is 5.32 Å². The maximum Gasteiger partial charge on any atom is 0.134 e. The van der Waals surface area contributed by atoms with Crippen molar-refractivity contribution in [3.63, 3.8) is 0 Å². The monoisotopic (exact) mass is 227 g/mol. The molecular formula is C11H14ClNO2. The molecule has 82 valence electrons. The maximum atomic E-state index is 5.72. The summed E-state index contributed by atoms with van der Waals surface area (Å²) in [5.74, 6) is 1.38. The molecule has 1 saturated heterocycles. The number of hydrogen-bond donors (Lipinski definition) is 1. The van der Waals surface area contributed by atoms with Crippen molar-refractivity contribution in [2.75, 3.05) is 19.5 Å². The Hall–Kier alpha value is -0.770. The van der Waals surface area contributed by atoms with Crippen LogP contribution in [0, 0.1) is 0 Å². The standard InChI is InChI=1S/C11H14ClNO2/c1-14-9-4-2-8(3-5-9)11-13-7-10(6-12)15-11/h2-5,10-11,13H,6-7H2,1H3/t10-,11+/m1/s1. The molecule has 0 spiro atoms. The summed E-state index contributed by atoms with van der Waals surface area (Å²) >= 11 is 5.72. The fourth-order valence-electron chi connectivity index (χ4n) is 1.59. The summed E-state index contributed by atoms with van der Waals surface area (Å²) in [6.07, 6.45) is 0.0680. The third-order valence-electron chi connectivity index (χ3n) is 2.45. The molecule has 0 amide bonds. The number of hydrogen-bond acceptors (Lipinski definition) is 3. The average molecular weight is 228 g/mol. The summed E-state index contributed by atoms with van der Waals surface area (Å²) in [5.41, 5.74) is 1.10. The molecule has 0 radical (unpaired) electrons. The van der Waals surface area contributed by atoms with Crippen molar-refractivity contribution in [3.8, 4) is 5.75 Å². The second-order valence-electron chi connectivity index (χ2n) is 3.47. The summed E-state index contributed by atoms with van der Waals surface area (Å²) in [6.45, 7) is 0.806. The van der Waals surface area contributed by atoms with Crippen LogP contribution in [0.4, 0.5) is 0 Å². The van der Waals surface area contributed by atoms with E-state index in [1.165, 1.54) is 0 Å². The van der Waals surface area contributed by atoms with Crippen molar-refractivity contribution in [1.82, 2.24) is 5.32 Å². The second kappa shape index (κ2) is 4.84. The van der Waals surface area contributed by atoms with Crippen molar-refractivity contribution in [1.29, 1.82) is 0 Å². The van der Waals surface area contributed by atoms with Crippen LogP contribution in [0.2, 0.25) is 0 Å². The van der Waals surface area contributed by atoms with Crippen molar-refractivity contribution < 1.29 is 9.47 Å². The molecule has 1 N–H and O–H groups in total. The van der Waals surface area contributed by atoms with Gasteiger partial charge in [0.25, 0.3) is 0 Å². The summed E-state index contributed by atoms with van der Waals surface area (Å²) in [5, 5.41) is 3.26. The third kappa shape index (κ3) is 2.43. The van der Waals surface area contributed by atoms with Crippen LogP contribution in [0.15, 0.2) is 24.3 Å². The Labute approximate surface area is 94.3 Å². The normalized spacial score (nSPS) is 25.5. The highest BCUT2D eigenvalue weighted by molar-refractivity contribution is 6.18. The molecule has 2 rings (SSSR count). The Bertz CT molecular complexity index is 315. The minimum atomic E-state index is -0.0420. The molecule has 0 aliphatic carbocycles. The van der Waals surface area contributed by atoms with E-state index in [0.29, 0.717) is 5.88 Å². The van der Waals surface area contributed by atoms with Crippen molar-refractivity contribution >= 4 is 11.6 Å². The first-order valence-corrected chi connectivity index (χ1v) is 5.45. The molecular weight excluding hydrogens is 214 g/mol. The lowest BCUT2D eigenvalue weighted by Gasteiger charge is -2.12. The number of rotatable bonds is 3. The van der Waals surface area contributed by atoms with Gasteiger partial charge in [0, 0.05) is 12.4 Å². The quantitative estimate of drug-likeness (QED) is 0.801. The van der Waals surface area contributed by atoms with E-state index in [4.69, 9.17) is 21.1 Å². The predicted molar refractivity (Wildman–Crippen MR) is 59.3 cm³/mol. The Morgan fingerprint density at radius 1 is 1.47 bits per heavy atom. The smallest absolute Gasteiger partial charge is 0.134 e. The molecule has 1 fully saturated rings. The first kappa shape index (κ1) is 10.7. The fraction of sp³-hybridized carbons (Fsp3) is 0.455. The van der Waals surface area contributed by atoms with Gasteiger partial charge in [-0.2, -0.15) is 0 Å². The lowest BCUT2D eigenvalue weighted by atomic mass is 10.2. The summed E-state index contributed by atoms with van der Waals surface area (Å²) < 4.78 is 10.8. The third-order valence-corrected chi connectivity index (χ3v) is 2.79. The van der Waals surface area contributed by atoms with Crippen molar-refractivity contribution in [3.05, 3.63) is 29.8 Å². The Kier molecular flexibility index (Phi) is 3.46. The minimum Gasteiger partial charge on any atom is -0.497 e. The highest BCUT2D eigenvalue weighted by Gasteiger charge is 2.24. The summed E-state index contributed by atoms with van der Waals surface area (Å²) in [4.78, 5) is 0. The lowest BCUT2D eigenvalue weighted by molar-refractivity contribution is 0.0528. The van der Waals surface area contributed by atoms with Gasteiger partial charge in [0.1, 0.15) is 12.0 Å². The van der Waals surface area contributed by atoms with Gasteiger partial charge in [-0.1, -0.05) is 12.1 Å². The van der Waals surface area contributed by atoms with Crippen LogP contribution in [0.1, 0.15) is 11.8 Å². The highest BCUT2D eigenvalue weighted by Crippen LogP contribution is 2.23. The summed E-state index contributed by atoms with van der Waals surface area (Å²) in [7, 11) is 1.66. The van der Waals surface area contributed by atoms with Gasteiger partial charge in [-0.25, -0.2) is 0 Å². The summed E-state index contributed by atoms with van der Waals surface area (Å²) in [6, 6.07) is 7.84. The van der Waals surface area contributed by atoms with E-state index in [2.05, 4.69) is 5.32 Å². The molecule has 2 atom stereocenters. The molecule has 3 nitrogen and oxygen atoms in total. The van der Waals surface area contributed by atoms with E-state index in [0.717, 1.165) is 17.9 Å². The second-order valence-corrected chi connectivity index (χ2v) is 3.78. The number of alkyl halides is 1. The molecule has 4 heteroatoms. The Balaban J connectivity index is 2.04. The number of nitrogens with one attached hydrogen (secondary N) is 1. The average Bonchev–Trinajstić information content (AvgIpc) is 2.78. The van der Waals surface area contributed by atoms with Crippen LogP contribution in [0.25, 0.3) is 0 Å². The Morgan fingerprint density at radius 3 is 2.73 bits per heavy atom. The predicted octanol–water partition coefficient (Wildman–Crippen LogP) is 1.92. The molecule has 0 aromatic heterocycles. The molecule has 1 heterocycles. The van der Waals surface area contributed by atoms with E-state index < -0.39 is 0 Å². The SMILES string of the molecule is COc1ccc([C@H]2NC[C@@H](CCl)O2)cc1. The van der Waals surface area contributed by atoms with Crippen LogP contribution in [-0.2, 0) is 4.74 Å². The number of ether oxygens (including phenoxy) is 2. The van der Waals surface area contributed by atoms with Gasteiger partial charge in [0.05, 0.1) is 13.2 Å². The van der Waals surface area contributed by atoms with Gasteiger partial charge >= 0.3 is 0 Å². The van der Waals surface area contributed by atoms with E-state index in [1.807, 2.05) is 24.3 Å². The molecule has 1 aromatic rings. The van der Waals surface area contributed by atoms with Crippen LogP contribution in [-0.4, -0.2) is 25.6 Å². The van der Waals surface area contributed by atoms with E-state index in [9.17, 15) is 0 Å². The van der Waals surface area contributed by atoms with Crippen LogP contribution in [0.5, 0.6) is 5.75 Å². The minimum absolute atomic E-state index is 0.0420. The van der Waals surface area contributed by atoms with Crippen LogP contribution < -0.4 is 10.1 Å². The first-order valence-electron chi connectivity index (χ1n) is 4.92.